The predicted molar refractivity (Wildman–Crippen MR) is 68.4 cm³/mol. The average Bonchev–Trinajstić information content (AvgIpc) is 2.38. The fraction of sp³-hybridized carbons (Fsp3) is 0.286. The average molecular weight is 248 g/mol. The molecule has 18 heavy (non-hydrogen) atoms. The van der Waals surface area contributed by atoms with Crippen LogP contribution in [0.3, 0.4) is 0 Å². The number of carbonyl (C=O) groups excluding carboxylic acids is 2. The van der Waals surface area contributed by atoms with Crippen LogP contribution < -0.4 is 0 Å². The maximum Gasteiger partial charge on any atom is 0.338 e. The molecule has 0 saturated heterocycles. The van der Waals surface area contributed by atoms with Crippen LogP contribution in [-0.2, 0) is 9.47 Å². The molecule has 96 valence electrons. The minimum absolute atomic E-state index is 0.277. The lowest BCUT2D eigenvalue weighted by atomic mass is 10.0. The quantitative estimate of drug-likeness (QED) is 0.752. The molecular formula is C14H16O4. The second-order valence-electron chi connectivity index (χ2n) is 3.45. The molecule has 0 heterocycles. The van der Waals surface area contributed by atoms with E-state index in [-0.39, 0.29) is 13.2 Å². The Morgan fingerprint density at radius 3 is 2.33 bits per heavy atom. The zero-order valence-corrected chi connectivity index (χ0v) is 10.6. The summed E-state index contributed by atoms with van der Waals surface area (Å²) in [6.07, 6.45) is 1.54. The number of esters is 2. The van der Waals surface area contributed by atoms with Crippen molar-refractivity contribution in [2.45, 2.75) is 13.8 Å². The molecule has 0 aliphatic rings. The van der Waals surface area contributed by atoms with Crippen molar-refractivity contribution in [3.05, 3.63) is 41.5 Å². The minimum atomic E-state index is -0.474. The minimum Gasteiger partial charge on any atom is -0.462 e. The largest absolute Gasteiger partial charge is 0.462 e. The summed E-state index contributed by atoms with van der Waals surface area (Å²) < 4.78 is 9.81. The lowest BCUT2D eigenvalue weighted by molar-refractivity contribution is 0.0525. The van der Waals surface area contributed by atoms with Crippen molar-refractivity contribution < 1.29 is 19.1 Å². The van der Waals surface area contributed by atoms with Gasteiger partial charge >= 0.3 is 11.9 Å². The van der Waals surface area contributed by atoms with Gasteiger partial charge in [-0.2, -0.15) is 0 Å². The molecule has 0 aliphatic carbocycles. The van der Waals surface area contributed by atoms with E-state index in [4.69, 9.17) is 9.47 Å². The Hall–Kier alpha value is -2.10. The highest BCUT2D eigenvalue weighted by atomic mass is 16.5. The van der Waals surface area contributed by atoms with Gasteiger partial charge < -0.3 is 9.47 Å². The number of hydrogen-bond acceptors (Lipinski definition) is 4. The highest BCUT2D eigenvalue weighted by molar-refractivity contribution is 5.98. The number of benzene rings is 1. The van der Waals surface area contributed by atoms with E-state index in [0.29, 0.717) is 16.7 Å². The maximum atomic E-state index is 11.7. The van der Waals surface area contributed by atoms with Gasteiger partial charge in [0.1, 0.15) is 0 Å². The van der Waals surface area contributed by atoms with Gasteiger partial charge in [-0.25, -0.2) is 9.59 Å². The normalized spacial score (nSPS) is 9.67. The molecule has 4 nitrogen and oxygen atoms in total. The second-order valence-corrected chi connectivity index (χ2v) is 3.45. The van der Waals surface area contributed by atoms with Gasteiger partial charge in [-0.3, -0.25) is 0 Å². The highest BCUT2D eigenvalue weighted by Gasteiger charge is 2.15. The SMILES string of the molecule is C=Cc1ccc(C(=O)OCC)cc1C(=O)OCC. The maximum absolute atomic E-state index is 11.7. The molecule has 1 aromatic rings. The van der Waals surface area contributed by atoms with Gasteiger partial charge in [-0.1, -0.05) is 18.7 Å². The van der Waals surface area contributed by atoms with Crippen LogP contribution in [0.2, 0.25) is 0 Å². The first-order chi connectivity index (χ1) is 8.63. The van der Waals surface area contributed by atoms with Gasteiger partial charge in [0.2, 0.25) is 0 Å². The first-order valence-corrected chi connectivity index (χ1v) is 5.74. The van der Waals surface area contributed by atoms with Crippen LogP contribution >= 0.6 is 0 Å². The van der Waals surface area contributed by atoms with Crippen molar-refractivity contribution in [1.82, 2.24) is 0 Å². The number of hydrogen-bond donors (Lipinski definition) is 0. The summed E-state index contributed by atoms with van der Waals surface area (Å²) in [7, 11) is 0. The van der Waals surface area contributed by atoms with Gasteiger partial charge in [0.25, 0.3) is 0 Å². The van der Waals surface area contributed by atoms with Crippen LogP contribution in [0.15, 0.2) is 24.8 Å². The summed E-state index contributed by atoms with van der Waals surface area (Å²) in [5.41, 5.74) is 1.27. The topological polar surface area (TPSA) is 52.6 Å². The Balaban J connectivity index is 3.13. The molecule has 0 spiro atoms. The van der Waals surface area contributed by atoms with E-state index >= 15 is 0 Å². The third kappa shape index (κ3) is 3.20. The predicted octanol–water partition coefficient (Wildman–Crippen LogP) is 2.68. The Bertz CT molecular complexity index is 463. The zero-order valence-electron chi connectivity index (χ0n) is 10.6. The van der Waals surface area contributed by atoms with Gasteiger partial charge in [-0.05, 0) is 31.5 Å². The zero-order chi connectivity index (χ0) is 13.5. The van der Waals surface area contributed by atoms with E-state index < -0.39 is 11.9 Å². The molecule has 0 N–H and O–H groups in total. The highest BCUT2D eigenvalue weighted by Crippen LogP contribution is 2.15. The molecule has 0 saturated carbocycles. The fourth-order valence-electron chi connectivity index (χ4n) is 1.46. The van der Waals surface area contributed by atoms with Crippen LogP contribution in [0, 0.1) is 0 Å². The molecule has 0 radical (unpaired) electrons. The molecular weight excluding hydrogens is 232 g/mol. The Morgan fingerprint density at radius 2 is 1.78 bits per heavy atom. The smallest absolute Gasteiger partial charge is 0.338 e. The van der Waals surface area contributed by atoms with Crippen molar-refractivity contribution in [3.63, 3.8) is 0 Å². The van der Waals surface area contributed by atoms with Crippen LogP contribution in [0.25, 0.3) is 6.08 Å². The van der Waals surface area contributed by atoms with Crippen molar-refractivity contribution in [3.8, 4) is 0 Å². The van der Waals surface area contributed by atoms with E-state index in [1.807, 2.05) is 0 Å². The Kier molecular flexibility index (Phi) is 5.11. The Labute approximate surface area is 106 Å². The summed E-state index contributed by atoms with van der Waals surface area (Å²) in [5, 5.41) is 0. The lowest BCUT2D eigenvalue weighted by Gasteiger charge is -2.08. The molecule has 0 atom stereocenters. The first-order valence-electron chi connectivity index (χ1n) is 5.74. The summed E-state index contributed by atoms with van der Waals surface area (Å²) in [6.45, 7) is 7.63. The van der Waals surface area contributed by atoms with Gasteiger partial charge in [0.15, 0.2) is 0 Å². The van der Waals surface area contributed by atoms with Gasteiger partial charge in [-0.15, -0.1) is 0 Å². The molecule has 0 fully saturated rings. The van der Waals surface area contributed by atoms with Crippen LogP contribution in [-0.4, -0.2) is 25.2 Å². The van der Waals surface area contributed by atoms with Crippen molar-refractivity contribution in [2.24, 2.45) is 0 Å². The summed E-state index contributed by atoms with van der Waals surface area (Å²) in [6, 6.07) is 4.70. The van der Waals surface area contributed by atoms with Crippen LogP contribution in [0.5, 0.6) is 0 Å². The van der Waals surface area contributed by atoms with Crippen LogP contribution in [0.4, 0.5) is 0 Å². The summed E-state index contributed by atoms with van der Waals surface area (Å²) in [4.78, 5) is 23.3. The van der Waals surface area contributed by atoms with Crippen molar-refractivity contribution in [2.75, 3.05) is 13.2 Å². The standard InChI is InChI=1S/C14H16O4/c1-4-10-7-8-11(13(15)17-5-2)9-12(10)14(16)18-6-3/h4,7-9H,1,5-6H2,2-3H3. The molecule has 0 aliphatic heterocycles. The van der Waals surface area contributed by atoms with E-state index in [1.54, 1.807) is 32.1 Å². The first kappa shape index (κ1) is 14.0. The van der Waals surface area contributed by atoms with Crippen LogP contribution in [0.1, 0.15) is 40.1 Å². The summed E-state index contributed by atoms with van der Waals surface area (Å²) >= 11 is 0. The lowest BCUT2D eigenvalue weighted by Crippen LogP contribution is -2.10. The molecule has 1 rings (SSSR count). The number of carbonyl (C=O) groups is 2. The molecule has 4 heteroatoms. The van der Waals surface area contributed by atoms with Crippen molar-refractivity contribution in [1.29, 1.82) is 0 Å². The van der Waals surface area contributed by atoms with E-state index in [2.05, 4.69) is 6.58 Å². The molecule has 0 aromatic heterocycles. The van der Waals surface area contributed by atoms with Gasteiger partial charge in [0, 0.05) is 0 Å². The number of rotatable bonds is 5. The Morgan fingerprint density at radius 1 is 1.17 bits per heavy atom. The second kappa shape index (κ2) is 6.59. The van der Waals surface area contributed by atoms with E-state index in [9.17, 15) is 9.59 Å². The van der Waals surface area contributed by atoms with Crippen molar-refractivity contribution >= 4 is 18.0 Å². The monoisotopic (exact) mass is 248 g/mol. The fourth-order valence-corrected chi connectivity index (χ4v) is 1.46. The molecule has 0 unspecified atom stereocenters. The molecule has 0 amide bonds. The summed E-state index contributed by atoms with van der Waals surface area (Å²) in [5.74, 6) is -0.933. The van der Waals surface area contributed by atoms with E-state index in [0.717, 1.165) is 0 Å². The van der Waals surface area contributed by atoms with Gasteiger partial charge in [0.05, 0.1) is 24.3 Å². The molecule has 1 aromatic carbocycles. The third-order valence-corrected chi connectivity index (χ3v) is 2.28. The molecule has 0 bridgehead atoms. The van der Waals surface area contributed by atoms with E-state index in [1.165, 1.54) is 6.07 Å². The third-order valence-electron chi connectivity index (χ3n) is 2.28. The number of ether oxygens (including phenoxy) is 2.